The molecule has 0 atom stereocenters. The molecular weight excluding hydrogens is 432 g/mol. The molecule has 3 heterocycles. The number of hydrogen-bond acceptors (Lipinski definition) is 3. The number of aryl methyl sites for hydroxylation is 1. The van der Waals surface area contributed by atoms with Crippen LogP contribution in [0.2, 0.25) is 0 Å². The van der Waals surface area contributed by atoms with E-state index in [1.54, 1.807) is 6.26 Å². The summed E-state index contributed by atoms with van der Waals surface area (Å²) in [5.74, 6) is 4.21. The van der Waals surface area contributed by atoms with Gasteiger partial charge in [0.15, 0.2) is 0 Å². The van der Waals surface area contributed by atoms with E-state index in [0.717, 1.165) is 43.9 Å². The maximum absolute atomic E-state index is 5.21. The summed E-state index contributed by atoms with van der Waals surface area (Å²) < 4.78 is 12.5. The standard InChI is InChI=1S/C9H18.C8H13N.C7H15NO.C7H10O/c1-8(2)9-6-4-3-5-7-9;1-7(2)8-5-4-6-9(8)3;1-7(2)8-3-5-9-6-4-8;1-6(2)7-4-3-5-8-7/h8-9H,3-7H2,1-2H3;4-7H,1-3H3;7H,3-6H2,1-2H3;3-6H,1-2H3. The summed E-state index contributed by atoms with van der Waals surface area (Å²) in [4.78, 5) is 2.43. The van der Waals surface area contributed by atoms with Gasteiger partial charge in [-0.1, -0.05) is 73.6 Å². The smallest absolute Gasteiger partial charge is 0.106 e. The van der Waals surface area contributed by atoms with Crippen LogP contribution < -0.4 is 0 Å². The highest BCUT2D eigenvalue weighted by atomic mass is 16.5. The summed E-state index contributed by atoms with van der Waals surface area (Å²) in [5, 5.41) is 0. The van der Waals surface area contributed by atoms with E-state index >= 15 is 0 Å². The highest BCUT2D eigenvalue weighted by Crippen LogP contribution is 2.29. The number of furan rings is 1. The van der Waals surface area contributed by atoms with Gasteiger partial charge in [0.05, 0.1) is 19.5 Å². The van der Waals surface area contributed by atoms with Crippen molar-refractivity contribution in [2.75, 3.05) is 26.3 Å². The number of morpholine rings is 1. The van der Waals surface area contributed by atoms with Crippen LogP contribution in [0.5, 0.6) is 0 Å². The van der Waals surface area contributed by atoms with E-state index in [9.17, 15) is 0 Å². The third-order valence-electron chi connectivity index (χ3n) is 7.06. The van der Waals surface area contributed by atoms with Crippen LogP contribution in [0.1, 0.15) is 111 Å². The first-order valence-electron chi connectivity index (χ1n) is 14.1. The molecule has 0 radical (unpaired) electrons. The molecule has 0 spiro atoms. The molecule has 4 heteroatoms. The maximum atomic E-state index is 5.21. The van der Waals surface area contributed by atoms with Gasteiger partial charge >= 0.3 is 0 Å². The highest BCUT2D eigenvalue weighted by Gasteiger charge is 2.15. The molecule has 0 bridgehead atoms. The van der Waals surface area contributed by atoms with Gasteiger partial charge in [-0.05, 0) is 55.9 Å². The summed E-state index contributed by atoms with van der Waals surface area (Å²) in [6.45, 7) is 21.8. The van der Waals surface area contributed by atoms with Gasteiger partial charge in [0.25, 0.3) is 0 Å². The highest BCUT2D eigenvalue weighted by molar-refractivity contribution is 5.10. The first-order chi connectivity index (χ1) is 16.6. The molecule has 2 aromatic heterocycles. The largest absolute Gasteiger partial charge is 0.469 e. The third-order valence-corrected chi connectivity index (χ3v) is 7.06. The Labute approximate surface area is 217 Å². The first kappa shape index (κ1) is 31.5. The van der Waals surface area contributed by atoms with Crippen molar-refractivity contribution in [1.82, 2.24) is 9.47 Å². The van der Waals surface area contributed by atoms with Crippen molar-refractivity contribution in [2.24, 2.45) is 18.9 Å². The first-order valence-corrected chi connectivity index (χ1v) is 14.1. The maximum Gasteiger partial charge on any atom is 0.106 e. The number of ether oxygens (including phenoxy) is 1. The zero-order valence-corrected chi connectivity index (χ0v) is 24.4. The van der Waals surface area contributed by atoms with Crippen LogP contribution in [0.3, 0.4) is 0 Å². The second-order valence-corrected chi connectivity index (χ2v) is 11.3. The number of nitrogens with zero attached hydrogens (tertiary/aromatic N) is 2. The zero-order chi connectivity index (χ0) is 26.2. The zero-order valence-electron chi connectivity index (χ0n) is 24.4. The molecule has 0 N–H and O–H groups in total. The van der Waals surface area contributed by atoms with E-state index in [2.05, 4.69) is 90.2 Å². The van der Waals surface area contributed by atoms with Gasteiger partial charge in [-0.25, -0.2) is 0 Å². The van der Waals surface area contributed by atoms with Crippen LogP contribution in [-0.2, 0) is 11.8 Å². The predicted octanol–water partition coefficient (Wildman–Crippen LogP) is 8.50. The minimum Gasteiger partial charge on any atom is -0.469 e. The summed E-state index contributed by atoms with van der Waals surface area (Å²) >= 11 is 0. The van der Waals surface area contributed by atoms with Crippen molar-refractivity contribution in [3.63, 3.8) is 0 Å². The number of rotatable bonds is 4. The van der Waals surface area contributed by atoms with Crippen molar-refractivity contribution in [3.8, 4) is 0 Å². The van der Waals surface area contributed by atoms with Crippen molar-refractivity contribution in [2.45, 2.75) is 105 Å². The topological polar surface area (TPSA) is 30.5 Å². The Bertz CT molecular complexity index is 697. The van der Waals surface area contributed by atoms with E-state index in [4.69, 9.17) is 9.15 Å². The predicted molar refractivity (Wildman–Crippen MR) is 151 cm³/mol. The average molecular weight is 489 g/mol. The molecule has 1 aliphatic heterocycles. The van der Waals surface area contributed by atoms with E-state index in [1.165, 1.54) is 37.8 Å². The normalized spacial score (nSPS) is 16.9. The molecule has 202 valence electrons. The molecule has 2 aromatic rings. The van der Waals surface area contributed by atoms with Crippen LogP contribution in [0.4, 0.5) is 0 Å². The van der Waals surface area contributed by atoms with E-state index in [0.29, 0.717) is 17.9 Å². The monoisotopic (exact) mass is 488 g/mol. The molecule has 0 aromatic carbocycles. The average Bonchev–Trinajstić information content (AvgIpc) is 3.54. The SMILES string of the molecule is CC(C)C1CCCCC1.CC(C)N1CCOCC1.CC(C)c1cccn1C.CC(C)c1ccco1. The van der Waals surface area contributed by atoms with Gasteiger partial charge in [0, 0.05) is 44.0 Å². The lowest BCUT2D eigenvalue weighted by atomic mass is 9.82. The van der Waals surface area contributed by atoms with Crippen LogP contribution in [0, 0.1) is 11.8 Å². The molecule has 2 fully saturated rings. The minimum absolute atomic E-state index is 0.519. The number of hydrogen-bond donors (Lipinski definition) is 0. The van der Waals surface area contributed by atoms with Crippen molar-refractivity contribution in [1.29, 1.82) is 0 Å². The molecule has 1 aliphatic carbocycles. The third kappa shape index (κ3) is 13.4. The van der Waals surface area contributed by atoms with Crippen LogP contribution >= 0.6 is 0 Å². The summed E-state index contributed by atoms with van der Waals surface area (Å²) in [7, 11) is 2.08. The molecular formula is C31H56N2O2. The van der Waals surface area contributed by atoms with Gasteiger partial charge in [-0.15, -0.1) is 0 Å². The fourth-order valence-electron chi connectivity index (χ4n) is 4.59. The lowest BCUT2D eigenvalue weighted by Crippen LogP contribution is -2.40. The molecule has 1 saturated heterocycles. The fraction of sp³-hybridized carbons (Fsp3) is 0.742. The Hall–Kier alpha value is -1.52. The van der Waals surface area contributed by atoms with Gasteiger partial charge in [-0.3, -0.25) is 4.90 Å². The van der Waals surface area contributed by atoms with Crippen molar-refractivity contribution in [3.05, 3.63) is 48.2 Å². The number of aromatic nitrogens is 1. The van der Waals surface area contributed by atoms with Gasteiger partial charge in [-0.2, -0.15) is 0 Å². The van der Waals surface area contributed by atoms with E-state index < -0.39 is 0 Å². The molecule has 4 nitrogen and oxygen atoms in total. The Balaban J connectivity index is 0.000000234. The van der Waals surface area contributed by atoms with Crippen LogP contribution in [0.15, 0.2) is 41.1 Å². The lowest BCUT2D eigenvalue weighted by molar-refractivity contribution is 0.0238. The van der Waals surface area contributed by atoms with E-state index in [1.807, 2.05) is 12.1 Å². The van der Waals surface area contributed by atoms with Gasteiger partial charge < -0.3 is 13.7 Å². The molecule has 35 heavy (non-hydrogen) atoms. The van der Waals surface area contributed by atoms with Gasteiger partial charge in [0.1, 0.15) is 5.76 Å². The van der Waals surface area contributed by atoms with Crippen LogP contribution in [0.25, 0.3) is 0 Å². The molecule has 2 aliphatic rings. The lowest BCUT2D eigenvalue weighted by Gasteiger charge is -2.29. The van der Waals surface area contributed by atoms with Crippen molar-refractivity contribution >= 4 is 0 Å². The summed E-state index contributed by atoms with van der Waals surface area (Å²) in [6.07, 6.45) is 11.2. The van der Waals surface area contributed by atoms with Crippen LogP contribution in [-0.4, -0.2) is 41.8 Å². The van der Waals surface area contributed by atoms with E-state index in [-0.39, 0.29) is 0 Å². The quantitative estimate of drug-likeness (QED) is 0.432. The summed E-state index contributed by atoms with van der Waals surface area (Å²) in [6, 6.07) is 8.83. The van der Waals surface area contributed by atoms with Gasteiger partial charge in [0.2, 0.25) is 0 Å². The Morgan fingerprint density at radius 1 is 0.800 bits per heavy atom. The fourth-order valence-corrected chi connectivity index (χ4v) is 4.59. The second-order valence-electron chi connectivity index (χ2n) is 11.3. The molecule has 0 amide bonds. The van der Waals surface area contributed by atoms with Crippen molar-refractivity contribution < 1.29 is 9.15 Å². The Morgan fingerprint density at radius 2 is 1.43 bits per heavy atom. The minimum atomic E-state index is 0.519. The Morgan fingerprint density at radius 3 is 1.71 bits per heavy atom. The molecule has 4 rings (SSSR count). The summed E-state index contributed by atoms with van der Waals surface area (Å²) in [5.41, 5.74) is 1.40. The second kappa shape index (κ2) is 17.8. The Kier molecular flexibility index (Phi) is 16.1. The molecule has 1 saturated carbocycles. The molecule has 0 unspecified atom stereocenters.